The van der Waals surface area contributed by atoms with Crippen LogP contribution in [0.5, 0.6) is 11.5 Å². The highest BCUT2D eigenvalue weighted by atomic mass is 35.5. The fraction of sp³-hybridized carbons (Fsp3) is 0.120. The topological polar surface area (TPSA) is 71.3 Å². The number of ether oxygens (including phenoxy) is 2. The molecule has 0 fully saturated rings. The maximum Gasteiger partial charge on any atom is 0.266 e. The van der Waals surface area contributed by atoms with Crippen molar-refractivity contribution in [3.63, 3.8) is 0 Å². The van der Waals surface area contributed by atoms with Gasteiger partial charge in [-0.25, -0.2) is 0 Å². The molecule has 0 radical (unpaired) electrons. The third-order valence-electron chi connectivity index (χ3n) is 4.62. The number of hydrogen-bond donors (Lipinski definition) is 1. The molecule has 33 heavy (non-hydrogen) atoms. The Hall–Kier alpha value is -3.17. The molecular weight excluding hydrogens is 483 g/mol. The first kappa shape index (κ1) is 24.5. The molecule has 3 aromatic rings. The summed E-state index contributed by atoms with van der Waals surface area (Å²) in [6, 6.07) is 17.5. The summed E-state index contributed by atoms with van der Waals surface area (Å²) in [7, 11) is 1.47. The van der Waals surface area contributed by atoms with Crippen LogP contribution < -0.4 is 14.8 Å². The molecule has 8 heteroatoms. The lowest BCUT2D eigenvalue weighted by molar-refractivity contribution is -0.112. The highest BCUT2D eigenvalue weighted by molar-refractivity contribution is 6.35. The van der Waals surface area contributed by atoms with E-state index in [0.29, 0.717) is 32.8 Å². The fourth-order valence-electron chi connectivity index (χ4n) is 2.90. The number of nitrogens with one attached hydrogen (secondary N) is 1. The summed E-state index contributed by atoms with van der Waals surface area (Å²) in [5.41, 5.74) is 2.79. The Balaban J connectivity index is 1.82. The molecular formula is C25H19Cl3N2O3. The zero-order chi connectivity index (χ0) is 24.0. The van der Waals surface area contributed by atoms with E-state index >= 15 is 0 Å². The Morgan fingerprint density at radius 2 is 1.79 bits per heavy atom. The molecule has 0 heterocycles. The number of carbonyl (C=O) groups is 1. The molecule has 0 unspecified atom stereocenters. The Kier molecular flexibility index (Phi) is 8.24. The smallest absolute Gasteiger partial charge is 0.266 e. The summed E-state index contributed by atoms with van der Waals surface area (Å²) in [6.07, 6.45) is 1.43. The summed E-state index contributed by atoms with van der Waals surface area (Å²) in [5, 5.41) is 13.4. The second kappa shape index (κ2) is 11.1. The van der Waals surface area contributed by atoms with Crippen molar-refractivity contribution in [1.82, 2.24) is 0 Å². The van der Waals surface area contributed by atoms with Gasteiger partial charge in [0, 0.05) is 21.3 Å². The molecule has 0 saturated carbocycles. The first-order valence-electron chi connectivity index (χ1n) is 9.74. The summed E-state index contributed by atoms with van der Waals surface area (Å²) in [4.78, 5) is 12.5. The summed E-state index contributed by atoms with van der Waals surface area (Å²) >= 11 is 18.5. The molecule has 0 aromatic heterocycles. The zero-order valence-electron chi connectivity index (χ0n) is 17.8. The van der Waals surface area contributed by atoms with Crippen LogP contribution in [-0.2, 0) is 11.4 Å². The van der Waals surface area contributed by atoms with E-state index in [0.717, 1.165) is 11.1 Å². The van der Waals surface area contributed by atoms with Crippen molar-refractivity contribution in [2.75, 3.05) is 12.4 Å². The van der Waals surface area contributed by atoms with Crippen LogP contribution in [0.2, 0.25) is 15.1 Å². The van der Waals surface area contributed by atoms with Crippen molar-refractivity contribution in [2.45, 2.75) is 13.5 Å². The highest BCUT2D eigenvalue weighted by Gasteiger charge is 2.15. The normalized spacial score (nSPS) is 11.0. The number of halogens is 3. The molecule has 0 saturated heterocycles. The number of carbonyl (C=O) groups excluding carboxylic acids is 1. The minimum atomic E-state index is -0.533. The summed E-state index contributed by atoms with van der Waals surface area (Å²) in [6.45, 7) is 2.09. The van der Waals surface area contributed by atoms with Crippen LogP contribution in [0.15, 0.2) is 60.2 Å². The number of nitrogens with zero attached hydrogens (tertiary/aromatic N) is 1. The van der Waals surface area contributed by atoms with Gasteiger partial charge in [-0.05, 0) is 55.0 Å². The quantitative estimate of drug-likeness (QED) is 0.277. The van der Waals surface area contributed by atoms with Gasteiger partial charge in [0.25, 0.3) is 5.91 Å². The first-order valence-corrected chi connectivity index (χ1v) is 10.9. The minimum absolute atomic E-state index is 0.0877. The third kappa shape index (κ3) is 6.43. The Morgan fingerprint density at radius 1 is 1.06 bits per heavy atom. The first-order chi connectivity index (χ1) is 15.8. The second-order valence-corrected chi connectivity index (χ2v) is 8.30. The average Bonchev–Trinajstić information content (AvgIpc) is 2.78. The van der Waals surface area contributed by atoms with E-state index in [1.54, 1.807) is 42.5 Å². The lowest BCUT2D eigenvalue weighted by Crippen LogP contribution is -2.13. The molecule has 0 aliphatic rings. The predicted octanol–water partition coefficient (Wildman–Crippen LogP) is 7.09. The van der Waals surface area contributed by atoms with E-state index < -0.39 is 5.91 Å². The molecule has 168 valence electrons. The third-order valence-corrected chi connectivity index (χ3v) is 5.49. The number of amides is 1. The number of nitriles is 1. The van der Waals surface area contributed by atoms with E-state index in [1.807, 2.05) is 25.1 Å². The van der Waals surface area contributed by atoms with E-state index in [9.17, 15) is 10.1 Å². The maximum atomic E-state index is 12.5. The maximum absolute atomic E-state index is 12.5. The number of methoxy groups -OCH3 is 1. The van der Waals surface area contributed by atoms with Gasteiger partial charge in [-0.2, -0.15) is 5.26 Å². The largest absolute Gasteiger partial charge is 0.493 e. The molecule has 0 aliphatic heterocycles. The van der Waals surface area contributed by atoms with Crippen LogP contribution in [0.1, 0.15) is 16.7 Å². The van der Waals surface area contributed by atoms with Gasteiger partial charge in [0.05, 0.1) is 12.1 Å². The lowest BCUT2D eigenvalue weighted by Gasteiger charge is -2.14. The van der Waals surface area contributed by atoms with Crippen molar-refractivity contribution < 1.29 is 14.3 Å². The number of hydrogen-bond acceptors (Lipinski definition) is 4. The summed E-state index contributed by atoms with van der Waals surface area (Å²) in [5.74, 6) is 0.120. The number of rotatable bonds is 7. The molecule has 0 aliphatic carbocycles. The average molecular weight is 502 g/mol. The Bertz CT molecular complexity index is 1250. The molecule has 5 nitrogen and oxygen atoms in total. The van der Waals surface area contributed by atoms with Crippen LogP contribution in [0.4, 0.5) is 5.69 Å². The molecule has 0 spiro atoms. The summed E-state index contributed by atoms with van der Waals surface area (Å²) < 4.78 is 11.2. The molecule has 1 N–H and O–H groups in total. The van der Waals surface area contributed by atoms with E-state index in [2.05, 4.69) is 5.32 Å². The monoisotopic (exact) mass is 500 g/mol. The molecule has 3 aromatic carbocycles. The van der Waals surface area contributed by atoms with Gasteiger partial charge < -0.3 is 14.8 Å². The van der Waals surface area contributed by atoms with Crippen LogP contribution >= 0.6 is 34.8 Å². The van der Waals surface area contributed by atoms with Crippen LogP contribution in [0, 0.1) is 18.3 Å². The van der Waals surface area contributed by atoms with E-state index in [1.165, 1.54) is 13.2 Å². The van der Waals surface area contributed by atoms with Crippen molar-refractivity contribution in [2.24, 2.45) is 0 Å². The van der Waals surface area contributed by atoms with Crippen molar-refractivity contribution in [3.8, 4) is 17.6 Å². The second-order valence-electron chi connectivity index (χ2n) is 7.05. The van der Waals surface area contributed by atoms with E-state index in [4.69, 9.17) is 44.3 Å². The standard InChI is InChI=1S/C25H19Cl3N2O3/c1-15-3-7-20(8-4-15)30-25(31)18(13-29)9-16-10-22(28)24(23(11-16)32-2)33-14-17-5-6-19(26)12-21(17)27/h3-12H,14H2,1-2H3,(H,30,31)/b18-9+. The zero-order valence-corrected chi connectivity index (χ0v) is 20.1. The van der Waals surface area contributed by atoms with Gasteiger partial charge in [0.15, 0.2) is 11.5 Å². The van der Waals surface area contributed by atoms with Gasteiger partial charge >= 0.3 is 0 Å². The van der Waals surface area contributed by atoms with Crippen molar-refractivity contribution >= 4 is 52.5 Å². The minimum Gasteiger partial charge on any atom is -0.493 e. The molecule has 1 amide bonds. The molecule has 3 rings (SSSR count). The van der Waals surface area contributed by atoms with Gasteiger partial charge in [-0.15, -0.1) is 0 Å². The van der Waals surface area contributed by atoms with Gasteiger partial charge in [0.2, 0.25) is 0 Å². The van der Waals surface area contributed by atoms with Crippen LogP contribution in [0.25, 0.3) is 6.08 Å². The van der Waals surface area contributed by atoms with Gasteiger partial charge in [-0.1, -0.05) is 58.6 Å². The number of aryl methyl sites for hydroxylation is 1. The Morgan fingerprint density at radius 3 is 2.42 bits per heavy atom. The lowest BCUT2D eigenvalue weighted by atomic mass is 10.1. The van der Waals surface area contributed by atoms with E-state index in [-0.39, 0.29) is 17.2 Å². The SMILES string of the molecule is COc1cc(/C=C(\C#N)C(=O)Nc2ccc(C)cc2)cc(Cl)c1OCc1ccc(Cl)cc1Cl. The molecule has 0 bridgehead atoms. The van der Waals surface area contributed by atoms with Crippen molar-refractivity contribution in [1.29, 1.82) is 5.26 Å². The van der Waals surface area contributed by atoms with Crippen LogP contribution in [0.3, 0.4) is 0 Å². The van der Waals surface area contributed by atoms with Gasteiger partial charge in [0.1, 0.15) is 18.2 Å². The van der Waals surface area contributed by atoms with Crippen LogP contribution in [-0.4, -0.2) is 13.0 Å². The van der Waals surface area contributed by atoms with Crippen molar-refractivity contribution in [3.05, 3.63) is 91.9 Å². The number of benzene rings is 3. The number of anilines is 1. The van der Waals surface area contributed by atoms with Gasteiger partial charge in [-0.3, -0.25) is 4.79 Å². The predicted molar refractivity (Wildman–Crippen MR) is 132 cm³/mol. The highest BCUT2D eigenvalue weighted by Crippen LogP contribution is 2.38. The molecule has 0 atom stereocenters. The Labute approximate surface area is 207 Å². The fourth-order valence-corrected chi connectivity index (χ4v) is 3.64.